The molecule has 2 nitrogen and oxygen atoms in total. The average molecular weight is 272 g/mol. The largest absolute Gasteiger partial charge is 0.496 e. The summed E-state index contributed by atoms with van der Waals surface area (Å²) in [5.41, 5.74) is 1.06. The lowest BCUT2D eigenvalue weighted by Gasteiger charge is -2.15. The maximum absolute atomic E-state index is 6.20. The van der Waals surface area contributed by atoms with Gasteiger partial charge in [0, 0.05) is 34.2 Å². The lowest BCUT2D eigenvalue weighted by molar-refractivity contribution is 0.405. The van der Waals surface area contributed by atoms with E-state index in [-0.39, 0.29) is 0 Å². The molecule has 2 rings (SSSR count). The molecule has 0 aromatic heterocycles. The minimum Gasteiger partial charge on any atom is -0.496 e. The highest BCUT2D eigenvalue weighted by Crippen LogP contribution is 2.29. The normalized spacial score (nSPS) is 23.9. The summed E-state index contributed by atoms with van der Waals surface area (Å²) in [4.78, 5) is 0. The standard InChI is InChI=1S/C13H18ClNOS/c1-9-6-10(8-17-9)15-7-11-12(14)4-3-5-13(11)16-2/h3-5,9-10,15H,6-8H2,1-2H3. The number of ether oxygens (including phenoxy) is 1. The number of benzene rings is 1. The predicted octanol–water partition coefficient (Wildman–Crippen LogP) is 3.33. The number of halogens is 1. The van der Waals surface area contributed by atoms with Crippen molar-refractivity contribution < 1.29 is 4.74 Å². The van der Waals surface area contributed by atoms with Gasteiger partial charge in [0.1, 0.15) is 5.75 Å². The Morgan fingerprint density at radius 3 is 3.00 bits per heavy atom. The Bertz CT molecular complexity index is 386. The number of nitrogens with one attached hydrogen (secondary N) is 1. The van der Waals surface area contributed by atoms with Crippen LogP contribution in [0, 0.1) is 0 Å². The van der Waals surface area contributed by atoms with Crippen LogP contribution in [0.25, 0.3) is 0 Å². The van der Waals surface area contributed by atoms with Crippen molar-refractivity contribution in [2.75, 3.05) is 12.9 Å². The van der Waals surface area contributed by atoms with Crippen LogP contribution in [0.1, 0.15) is 18.9 Å². The van der Waals surface area contributed by atoms with Crippen molar-refractivity contribution in [3.05, 3.63) is 28.8 Å². The van der Waals surface area contributed by atoms with Crippen LogP contribution in [0.3, 0.4) is 0 Å². The summed E-state index contributed by atoms with van der Waals surface area (Å²) in [7, 11) is 1.68. The van der Waals surface area contributed by atoms with Gasteiger partial charge in [-0.2, -0.15) is 11.8 Å². The molecule has 0 aliphatic carbocycles. The van der Waals surface area contributed by atoms with E-state index in [4.69, 9.17) is 16.3 Å². The summed E-state index contributed by atoms with van der Waals surface area (Å²) < 4.78 is 5.33. The molecule has 1 aliphatic rings. The van der Waals surface area contributed by atoms with Gasteiger partial charge in [-0.25, -0.2) is 0 Å². The van der Waals surface area contributed by atoms with E-state index >= 15 is 0 Å². The highest BCUT2D eigenvalue weighted by Gasteiger charge is 2.21. The van der Waals surface area contributed by atoms with Gasteiger partial charge in [-0.05, 0) is 18.6 Å². The van der Waals surface area contributed by atoms with E-state index in [9.17, 15) is 0 Å². The molecule has 1 heterocycles. The molecule has 1 aliphatic heterocycles. The molecule has 1 aromatic carbocycles. The Morgan fingerprint density at radius 1 is 1.53 bits per heavy atom. The summed E-state index contributed by atoms with van der Waals surface area (Å²) in [6.07, 6.45) is 1.23. The quantitative estimate of drug-likeness (QED) is 0.908. The third-order valence-corrected chi connectivity index (χ3v) is 4.77. The Labute approximate surface area is 112 Å². The molecule has 2 atom stereocenters. The van der Waals surface area contributed by atoms with Crippen LogP contribution >= 0.6 is 23.4 Å². The molecule has 1 aromatic rings. The maximum Gasteiger partial charge on any atom is 0.124 e. The van der Waals surface area contributed by atoms with E-state index in [0.29, 0.717) is 6.04 Å². The van der Waals surface area contributed by atoms with Gasteiger partial charge in [-0.1, -0.05) is 24.6 Å². The highest BCUT2D eigenvalue weighted by atomic mass is 35.5. The van der Waals surface area contributed by atoms with Gasteiger partial charge in [-0.15, -0.1) is 0 Å². The Kier molecular flexibility index (Phi) is 4.60. The summed E-state index contributed by atoms with van der Waals surface area (Å²) in [6, 6.07) is 6.37. The number of thioether (sulfide) groups is 1. The van der Waals surface area contributed by atoms with Crippen molar-refractivity contribution in [1.29, 1.82) is 0 Å². The second-order valence-electron chi connectivity index (χ2n) is 4.38. The summed E-state index contributed by atoms with van der Waals surface area (Å²) in [5.74, 6) is 2.05. The fraction of sp³-hybridized carbons (Fsp3) is 0.538. The molecule has 94 valence electrons. The fourth-order valence-corrected chi connectivity index (χ4v) is 3.52. The molecule has 0 amide bonds. The van der Waals surface area contributed by atoms with E-state index in [0.717, 1.165) is 28.1 Å². The van der Waals surface area contributed by atoms with Gasteiger partial charge in [0.05, 0.1) is 7.11 Å². The van der Waals surface area contributed by atoms with Gasteiger partial charge >= 0.3 is 0 Å². The van der Waals surface area contributed by atoms with Crippen LogP contribution in [0.4, 0.5) is 0 Å². The van der Waals surface area contributed by atoms with Crippen molar-refractivity contribution in [3.8, 4) is 5.75 Å². The monoisotopic (exact) mass is 271 g/mol. The lowest BCUT2D eigenvalue weighted by Crippen LogP contribution is -2.28. The zero-order chi connectivity index (χ0) is 12.3. The summed E-state index contributed by atoms with van der Waals surface area (Å²) in [6.45, 7) is 3.06. The third-order valence-electron chi connectivity index (χ3n) is 3.06. The van der Waals surface area contributed by atoms with Crippen molar-refractivity contribution in [3.63, 3.8) is 0 Å². The first-order chi connectivity index (χ1) is 8.20. The van der Waals surface area contributed by atoms with Crippen molar-refractivity contribution >= 4 is 23.4 Å². The number of hydrogen-bond acceptors (Lipinski definition) is 3. The van der Waals surface area contributed by atoms with Crippen LogP contribution < -0.4 is 10.1 Å². The lowest BCUT2D eigenvalue weighted by atomic mass is 10.1. The minimum absolute atomic E-state index is 0.593. The van der Waals surface area contributed by atoms with Crippen LogP contribution in [-0.2, 0) is 6.54 Å². The third kappa shape index (κ3) is 3.30. The molecule has 0 saturated carbocycles. The number of methoxy groups -OCH3 is 1. The SMILES string of the molecule is COc1cccc(Cl)c1CNC1CSC(C)C1. The molecule has 1 fully saturated rings. The minimum atomic E-state index is 0.593. The van der Waals surface area contributed by atoms with E-state index < -0.39 is 0 Å². The predicted molar refractivity (Wildman–Crippen MR) is 75.2 cm³/mol. The van der Waals surface area contributed by atoms with Gasteiger partial charge in [-0.3, -0.25) is 0 Å². The first-order valence-electron chi connectivity index (χ1n) is 5.87. The molecule has 0 radical (unpaired) electrons. The Balaban J connectivity index is 1.98. The zero-order valence-corrected chi connectivity index (χ0v) is 11.8. The zero-order valence-electron chi connectivity index (χ0n) is 10.2. The van der Waals surface area contributed by atoms with Crippen molar-refractivity contribution in [2.45, 2.75) is 31.2 Å². The second-order valence-corrected chi connectivity index (χ2v) is 6.26. The molecule has 2 unspecified atom stereocenters. The molecule has 1 N–H and O–H groups in total. The fourth-order valence-electron chi connectivity index (χ4n) is 2.11. The Morgan fingerprint density at radius 2 is 2.35 bits per heavy atom. The molecule has 0 spiro atoms. The highest BCUT2D eigenvalue weighted by molar-refractivity contribution is 8.00. The van der Waals surface area contributed by atoms with Gasteiger partial charge in [0.15, 0.2) is 0 Å². The van der Waals surface area contributed by atoms with Crippen LogP contribution in [-0.4, -0.2) is 24.2 Å². The van der Waals surface area contributed by atoms with Crippen molar-refractivity contribution in [1.82, 2.24) is 5.32 Å². The van der Waals surface area contributed by atoms with E-state index in [1.54, 1.807) is 7.11 Å². The molecular formula is C13H18ClNOS. The van der Waals surface area contributed by atoms with Gasteiger partial charge in [0.2, 0.25) is 0 Å². The average Bonchev–Trinajstić information content (AvgIpc) is 2.73. The van der Waals surface area contributed by atoms with Crippen molar-refractivity contribution in [2.24, 2.45) is 0 Å². The van der Waals surface area contributed by atoms with E-state index in [1.807, 2.05) is 30.0 Å². The van der Waals surface area contributed by atoms with Crippen LogP contribution in [0.2, 0.25) is 5.02 Å². The second kappa shape index (κ2) is 5.98. The topological polar surface area (TPSA) is 21.3 Å². The molecule has 4 heteroatoms. The van der Waals surface area contributed by atoms with Crippen LogP contribution in [0.5, 0.6) is 5.75 Å². The van der Waals surface area contributed by atoms with Crippen LogP contribution in [0.15, 0.2) is 18.2 Å². The number of hydrogen-bond donors (Lipinski definition) is 1. The van der Waals surface area contributed by atoms with Gasteiger partial charge in [0.25, 0.3) is 0 Å². The van der Waals surface area contributed by atoms with E-state index in [2.05, 4.69) is 12.2 Å². The smallest absolute Gasteiger partial charge is 0.124 e. The summed E-state index contributed by atoms with van der Waals surface area (Å²) >= 11 is 8.22. The molecule has 17 heavy (non-hydrogen) atoms. The maximum atomic E-state index is 6.20. The Hall–Kier alpha value is -0.380. The molecular weight excluding hydrogens is 254 g/mol. The first-order valence-corrected chi connectivity index (χ1v) is 7.29. The van der Waals surface area contributed by atoms with Gasteiger partial charge < -0.3 is 10.1 Å². The molecule has 0 bridgehead atoms. The van der Waals surface area contributed by atoms with E-state index in [1.165, 1.54) is 12.2 Å². The summed E-state index contributed by atoms with van der Waals surface area (Å²) in [5, 5.41) is 5.10. The first kappa shape index (κ1) is 13.1. The molecule has 1 saturated heterocycles. The number of rotatable bonds is 4.